The minimum atomic E-state index is 0.490. The molecule has 126 valence electrons. The quantitative estimate of drug-likeness (QED) is 0.576. The summed E-state index contributed by atoms with van der Waals surface area (Å²) in [4.78, 5) is 0. The Balaban J connectivity index is 1.81. The first kappa shape index (κ1) is 18.2. The van der Waals surface area contributed by atoms with Gasteiger partial charge in [0, 0.05) is 19.3 Å². The molecule has 0 spiro atoms. The molecule has 0 heterocycles. The Kier molecular flexibility index (Phi) is 6.52. The summed E-state index contributed by atoms with van der Waals surface area (Å²) in [7, 11) is 1.83. The van der Waals surface area contributed by atoms with Crippen LogP contribution < -0.4 is 16.1 Å². The molecule has 0 saturated carbocycles. The van der Waals surface area contributed by atoms with Crippen molar-refractivity contribution in [3.8, 4) is 0 Å². The van der Waals surface area contributed by atoms with E-state index in [4.69, 9.17) is 24.4 Å². The SMILES string of the molecule is Cc1ccc(NC(=S)NN(C)C(=S)NCc2ccccc2)cc1C. The second kappa shape index (κ2) is 8.61. The molecule has 4 nitrogen and oxygen atoms in total. The van der Waals surface area contributed by atoms with Gasteiger partial charge in [0.2, 0.25) is 0 Å². The van der Waals surface area contributed by atoms with Crippen LogP contribution in [0.15, 0.2) is 48.5 Å². The van der Waals surface area contributed by atoms with Gasteiger partial charge in [-0.05, 0) is 67.1 Å². The smallest absolute Gasteiger partial charge is 0.189 e. The van der Waals surface area contributed by atoms with E-state index in [9.17, 15) is 0 Å². The van der Waals surface area contributed by atoms with E-state index in [1.165, 1.54) is 16.7 Å². The summed E-state index contributed by atoms with van der Waals surface area (Å²) in [6.07, 6.45) is 0. The Labute approximate surface area is 154 Å². The van der Waals surface area contributed by atoms with Crippen LogP contribution in [0.4, 0.5) is 5.69 Å². The summed E-state index contributed by atoms with van der Waals surface area (Å²) in [5.74, 6) is 0. The van der Waals surface area contributed by atoms with E-state index in [-0.39, 0.29) is 0 Å². The van der Waals surface area contributed by atoms with Crippen molar-refractivity contribution in [1.29, 1.82) is 0 Å². The third-order valence-electron chi connectivity index (χ3n) is 3.63. The highest BCUT2D eigenvalue weighted by Crippen LogP contribution is 2.13. The maximum absolute atomic E-state index is 5.36. The predicted octanol–water partition coefficient (Wildman–Crippen LogP) is 3.51. The Bertz CT molecular complexity index is 716. The van der Waals surface area contributed by atoms with Crippen LogP contribution in [-0.2, 0) is 6.54 Å². The average molecular weight is 359 g/mol. The summed E-state index contributed by atoms with van der Waals surface area (Å²) >= 11 is 10.7. The fourth-order valence-electron chi connectivity index (χ4n) is 2.07. The van der Waals surface area contributed by atoms with Gasteiger partial charge in [-0.15, -0.1) is 0 Å². The molecule has 0 aliphatic rings. The molecule has 0 amide bonds. The third kappa shape index (κ3) is 5.47. The summed E-state index contributed by atoms with van der Waals surface area (Å²) in [5, 5.41) is 9.10. The van der Waals surface area contributed by atoms with Crippen molar-refractivity contribution < 1.29 is 0 Å². The molecule has 0 aromatic heterocycles. The number of hydrogen-bond acceptors (Lipinski definition) is 2. The van der Waals surface area contributed by atoms with Crippen molar-refractivity contribution in [2.75, 3.05) is 12.4 Å². The first-order chi connectivity index (χ1) is 11.5. The van der Waals surface area contributed by atoms with Gasteiger partial charge >= 0.3 is 0 Å². The highest BCUT2D eigenvalue weighted by atomic mass is 32.1. The highest BCUT2D eigenvalue weighted by molar-refractivity contribution is 7.80. The average Bonchev–Trinajstić information content (AvgIpc) is 2.56. The Morgan fingerprint density at radius 1 is 1.00 bits per heavy atom. The fraction of sp³-hybridized carbons (Fsp3) is 0.222. The van der Waals surface area contributed by atoms with Crippen LogP contribution >= 0.6 is 24.4 Å². The van der Waals surface area contributed by atoms with Crippen LogP contribution in [0.1, 0.15) is 16.7 Å². The van der Waals surface area contributed by atoms with Gasteiger partial charge < -0.3 is 10.6 Å². The monoisotopic (exact) mass is 358 g/mol. The zero-order valence-electron chi connectivity index (χ0n) is 14.1. The number of nitrogens with zero attached hydrogens (tertiary/aromatic N) is 1. The number of nitrogens with one attached hydrogen (secondary N) is 3. The predicted molar refractivity (Wildman–Crippen MR) is 109 cm³/mol. The van der Waals surface area contributed by atoms with Crippen molar-refractivity contribution in [2.45, 2.75) is 20.4 Å². The van der Waals surface area contributed by atoms with Gasteiger partial charge in [0.05, 0.1) is 0 Å². The molecular formula is C18H22N4S2. The lowest BCUT2D eigenvalue weighted by atomic mass is 10.1. The molecule has 3 N–H and O–H groups in total. The molecule has 24 heavy (non-hydrogen) atoms. The van der Waals surface area contributed by atoms with E-state index in [0.29, 0.717) is 16.8 Å². The van der Waals surface area contributed by atoms with E-state index in [0.717, 1.165) is 5.69 Å². The topological polar surface area (TPSA) is 39.3 Å². The van der Waals surface area contributed by atoms with Crippen LogP contribution in [-0.4, -0.2) is 22.3 Å². The van der Waals surface area contributed by atoms with Gasteiger partial charge in [0.1, 0.15) is 0 Å². The zero-order chi connectivity index (χ0) is 17.5. The first-order valence-electron chi connectivity index (χ1n) is 7.66. The first-order valence-corrected chi connectivity index (χ1v) is 8.47. The molecular weight excluding hydrogens is 336 g/mol. The summed E-state index contributed by atoms with van der Waals surface area (Å²) in [6.45, 7) is 4.83. The molecule has 0 saturated heterocycles. The number of rotatable bonds is 3. The number of thiocarbonyl (C=S) groups is 2. The van der Waals surface area contributed by atoms with Crippen LogP contribution in [0.2, 0.25) is 0 Å². The normalized spacial score (nSPS) is 9.96. The van der Waals surface area contributed by atoms with Crippen molar-refractivity contribution in [2.24, 2.45) is 0 Å². The van der Waals surface area contributed by atoms with Gasteiger partial charge in [-0.25, -0.2) is 0 Å². The number of benzene rings is 2. The molecule has 2 aromatic rings. The van der Waals surface area contributed by atoms with Gasteiger partial charge in [-0.1, -0.05) is 36.4 Å². The lowest BCUT2D eigenvalue weighted by Gasteiger charge is -2.23. The van der Waals surface area contributed by atoms with Crippen molar-refractivity contribution in [1.82, 2.24) is 15.8 Å². The van der Waals surface area contributed by atoms with E-state index >= 15 is 0 Å². The Morgan fingerprint density at radius 3 is 2.38 bits per heavy atom. The molecule has 0 fully saturated rings. The van der Waals surface area contributed by atoms with Crippen molar-refractivity contribution in [3.05, 3.63) is 65.2 Å². The zero-order valence-corrected chi connectivity index (χ0v) is 15.7. The molecule has 0 bridgehead atoms. The number of anilines is 1. The van der Waals surface area contributed by atoms with Crippen molar-refractivity contribution >= 4 is 40.3 Å². The van der Waals surface area contributed by atoms with Gasteiger partial charge in [-0.3, -0.25) is 10.4 Å². The fourth-order valence-corrected chi connectivity index (χ4v) is 2.45. The second-order valence-corrected chi connectivity index (χ2v) is 6.36. The molecule has 2 rings (SSSR count). The molecule has 0 aliphatic heterocycles. The summed E-state index contributed by atoms with van der Waals surface area (Å²) < 4.78 is 0. The van der Waals surface area contributed by atoms with E-state index in [1.807, 2.05) is 31.3 Å². The summed E-state index contributed by atoms with van der Waals surface area (Å²) in [5.41, 5.74) is 7.64. The lowest BCUT2D eigenvalue weighted by Crippen LogP contribution is -2.49. The molecule has 0 radical (unpaired) electrons. The molecule has 0 unspecified atom stereocenters. The Morgan fingerprint density at radius 2 is 1.71 bits per heavy atom. The molecule has 0 aliphatic carbocycles. The maximum atomic E-state index is 5.36. The van der Waals surface area contributed by atoms with Crippen LogP contribution in [0.3, 0.4) is 0 Å². The highest BCUT2D eigenvalue weighted by Gasteiger charge is 2.06. The minimum Gasteiger partial charge on any atom is -0.357 e. The number of hydrogen-bond donors (Lipinski definition) is 3. The van der Waals surface area contributed by atoms with Crippen LogP contribution in [0.25, 0.3) is 0 Å². The molecule has 2 aromatic carbocycles. The van der Waals surface area contributed by atoms with Crippen LogP contribution in [0.5, 0.6) is 0 Å². The van der Waals surface area contributed by atoms with E-state index in [2.05, 4.69) is 54.2 Å². The largest absolute Gasteiger partial charge is 0.357 e. The maximum Gasteiger partial charge on any atom is 0.189 e. The van der Waals surface area contributed by atoms with Crippen LogP contribution in [0, 0.1) is 13.8 Å². The standard InChI is InChI=1S/C18H22N4S2/c1-13-9-10-16(11-14(13)2)20-17(23)21-22(3)18(24)19-12-15-7-5-4-6-8-15/h4-11H,12H2,1-3H3,(H,19,24)(H2,20,21,23). The van der Waals surface area contributed by atoms with Crippen molar-refractivity contribution in [3.63, 3.8) is 0 Å². The second-order valence-electron chi connectivity index (χ2n) is 5.57. The molecule has 6 heteroatoms. The lowest BCUT2D eigenvalue weighted by molar-refractivity contribution is 0.450. The summed E-state index contributed by atoms with van der Waals surface area (Å²) in [6, 6.07) is 16.2. The Hall–Kier alpha value is -2.18. The van der Waals surface area contributed by atoms with E-state index in [1.54, 1.807) is 5.01 Å². The molecule has 0 atom stereocenters. The van der Waals surface area contributed by atoms with Gasteiger partial charge in [0.25, 0.3) is 0 Å². The minimum absolute atomic E-state index is 0.490. The number of aryl methyl sites for hydroxylation is 2. The number of hydrazine groups is 1. The third-order valence-corrected chi connectivity index (χ3v) is 4.24. The van der Waals surface area contributed by atoms with E-state index < -0.39 is 0 Å². The van der Waals surface area contributed by atoms with Gasteiger partial charge in [0.15, 0.2) is 10.2 Å². The van der Waals surface area contributed by atoms with Gasteiger partial charge in [-0.2, -0.15) is 0 Å².